The summed E-state index contributed by atoms with van der Waals surface area (Å²) in [7, 11) is 0. The van der Waals surface area contributed by atoms with Crippen molar-refractivity contribution in [3.63, 3.8) is 0 Å². The standard InChI is InChI=1S/C12H14O/c1-2-5-10-6-3-4-7-11(10)8-12-9-13-12/h2-4,6-7,12H,1,5,8-9H2. The zero-order valence-corrected chi connectivity index (χ0v) is 7.70. The molecule has 0 amide bonds. The molecule has 0 bridgehead atoms. The van der Waals surface area contributed by atoms with Crippen molar-refractivity contribution in [1.82, 2.24) is 0 Å². The van der Waals surface area contributed by atoms with Crippen LogP contribution >= 0.6 is 0 Å². The molecule has 1 heterocycles. The highest BCUT2D eigenvalue weighted by Crippen LogP contribution is 2.19. The first-order valence-corrected chi connectivity index (χ1v) is 4.69. The third kappa shape index (κ3) is 2.19. The van der Waals surface area contributed by atoms with Gasteiger partial charge in [0.2, 0.25) is 0 Å². The molecule has 1 aliphatic heterocycles. The maximum Gasteiger partial charge on any atom is 0.0850 e. The maximum atomic E-state index is 5.22. The van der Waals surface area contributed by atoms with Gasteiger partial charge in [0.05, 0.1) is 12.7 Å². The first kappa shape index (κ1) is 8.52. The summed E-state index contributed by atoms with van der Waals surface area (Å²) in [5, 5.41) is 0. The molecule has 1 aromatic rings. The molecule has 0 radical (unpaired) electrons. The Morgan fingerprint density at radius 3 is 2.69 bits per heavy atom. The monoisotopic (exact) mass is 174 g/mol. The molecule has 1 fully saturated rings. The molecular weight excluding hydrogens is 160 g/mol. The molecule has 0 aromatic heterocycles. The van der Waals surface area contributed by atoms with E-state index < -0.39 is 0 Å². The van der Waals surface area contributed by atoms with E-state index in [0.29, 0.717) is 6.10 Å². The van der Waals surface area contributed by atoms with Crippen LogP contribution < -0.4 is 0 Å². The minimum Gasteiger partial charge on any atom is -0.373 e. The van der Waals surface area contributed by atoms with Crippen molar-refractivity contribution in [1.29, 1.82) is 0 Å². The fourth-order valence-electron chi connectivity index (χ4n) is 1.54. The summed E-state index contributed by atoms with van der Waals surface area (Å²) in [5.74, 6) is 0. The van der Waals surface area contributed by atoms with E-state index in [1.54, 1.807) is 0 Å². The van der Waals surface area contributed by atoms with Gasteiger partial charge in [0.25, 0.3) is 0 Å². The lowest BCUT2D eigenvalue weighted by Crippen LogP contribution is -1.97. The van der Waals surface area contributed by atoms with Gasteiger partial charge in [-0.05, 0) is 17.5 Å². The van der Waals surface area contributed by atoms with Gasteiger partial charge in [-0.25, -0.2) is 0 Å². The molecule has 0 spiro atoms. The predicted molar refractivity (Wildman–Crippen MR) is 53.8 cm³/mol. The van der Waals surface area contributed by atoms with Gasteiger partial charge in [0.1, 0.15) is 0 Å². The van der Waals surface area contributed by atoms with Crippen molar-refractivity contribution in [2.75, 3.05) is 6.61 Å². The van der Waals surface area contributed by atoms with Crippen LogP contribution in [0.3, 0.4) is 0 Å². The van der Waals surface area contributed by atoms with Crippen molar-refractivity contribution in [2.45, 2.75) is 18.9 Å². The summed E-state index contributed by atoms with van der Waals surface area (Å²) in [6.07, 6.45) is 4.45. The van der Waals surface area contributed by atoms with Gasteiger partial charge < -0.3 is 4.74 Å². The molecule has 2 rings (SSSR count). The van der Waals surface area contributed by atoms with Crippen molar-refractivity contribution < 1.29 is 4.74 Å². The Hall–Kier alpha value is -1.08. The Kier molecular flexibility index (Phi) is 2.46. The molecule has 0 saturated carbocycles. The SMILES string of the molecule is C=CCc1ccccc1CC1CO1. The Morgan fingerprint density at radius 1 is 1.38 bits per heavy atom. The molecule has 0 N–H and O–H groups in total. The van der Waals surface area contributed by atoms with Gasteiger partial charge in [-0.3, -0.25) is 0 Å². The average Bonchev–Trinajstić information content (AvgIpc) is 2.93. The van der Waals surface area contributed by atoms with E-state index >= 15 is 0 Å². The summed E-state index contributed by atoms with van der Waals surface area (Å²) in [6.45, 7) is 4.69. The summed E-state index contributed by atoms with van der Waals surface area (Å²) >= 11 is 0. The molecule has 0 aliphatic carbocycles. The normalized spacial score (nSPS) is 19.8. The highest BCUT2D eigenvalue weighted by molar-refractivity contribution is 5.29. The summed E-state index contributed by atoms with van der Waals surface area (Å²) in [5.41, 5.74) is 2.79. The molecule has 1 atom stereocenters. The Balaban J connectivity index is 2.14. The fraction of sp³-hybridized carbons (Fsp3) is 0.333. The molecule has 1 nitrogen and oxygen atoms in total. The number of epoxide rings is 1. The first-order valence-electron chi connectivity index (χ1n) is 4.69. The minimum absolute atomic E-state index is 0.478. The van der Waals surface area contributed by atoms with Crippen LogP contribution in [0.5, 0.6) is 0 Å². The molecule has 1 unspecified atom stereocenters. The van der Waals surface area contributed by atoms with E-state index in [9.17, 15) is 0 Å². The predicted octanol–water partition coefficient (Wildman–Crippen LogP) is 2.36. The van der Waals surface area contributed by atoms with Crippen LogP contribution in [0.25, 0.3) is 0 Å². The molecule has 13 heavy (non-hydrogen) atoms. The third-order valence-electron chi connectivity index (χ3n) is 2.33. The second-order valence-electron chi connectivity index (χ2n) is 3.42. The van der Waals surface area contributed by atoms with E-state index in [1.807, 2.05) is 6.08 Å². The van der Waals surface area contributed by atoms with E-state index in [4.69, 9.17) is 4.74 Å². The lowest BCUT2D eigenvalue weighted by Gasteiger charge is -2.04. The molecule has 1 saturated heterocycles. The van der Waals surface area contributed by atoms with Crippen molar-refractivity contribution in [2.24, 2.45) is 0 Å². The minimum atomic E-state index is 0.478. The fourth-order valence-corrected chi connectivity index (χ4v) is 1.54. The van der Waals surface area contributed by atoms with E-state index in [0.717, 1.165) is 19.4 Å². The second kappa shape index (κ2) is 3.75. The molecule has 1 aromatic carbocycles. The van der Waals surface area contributed by atoms with E-state index in [2.05, 4.69) is 30.8 Å². The largest absolute Gasteiger partial charge is 0.373 e. The van der Waals surface area contributed by atoms with Crippen molar-refractivity contribution in [3.05, 3.63) is 48.0 Å². The van der Waals surface area contributed by atoms with Gasteiger partial charge in [-0.15, -0.1) is 6.58 Å². The van der Waals surface area contributed by atoms with Gasteiger partial charge in [0, 0.05) is 6.42 Å². The number of benzene rings is 1. The van der Waals surface area contributed by atoms with E-state index in [1.165, 1.54) is 11.1 Å². The topological polar surface area (TPSA) is 12.5 Å². The van der Waals surface area contributed by atoms with Crippen LogP contribution in [0.2, 0.25) is 0 Å². The second-order valence-corrected chi connectivity index (χ2v) is 3.42. The maximum absolute atomic E-state index is 5.22. The zero-order valence-electron chi connectivity index (χ0n) is 7.70. The zero-order chi connectivity index (χ0) is 9.10. The molecular formula is C12H14O. The van der Waals surface area contributed by atoms with Gasteiger partial charge in [0.15, 0.2) is 0 Å². The molecule has 68 valence electrons. The Labute approximate surface area is 79.0 Å². The average molecular weight is 174 g/mol. The number of rotatable bonds is 4. The van der Waals surface area contributed by atoms with Crippen LogP contribution in [0.4, 0.5) is 0 Å². The van der Waals surface area contributed by atoms with Gasteiger partial charge in [-0.2, -0.15) is 0 Å². The van der Waals surface area contributed by atoms with E-state index in [-0.39, 0.29) is 0 Å². The smallest absolute Gasteiger partial charge is 0.0850 e. The Morgan fingerprint density at radius 2 is 2.08 bits per heavy atom. The number of hydrogen-bond donors (Lipinski definition) is 0. The number of ether oxygens (including phenoxy) is 1. The Bertz CT molecular complexity index is 300. The van der Waals surface area contributed by atoms with Gasteiger partial charge in [-0.1, -0.05) is 30.3 Å². The van der Waals surface area contributed by atoms with Crippen LogP contribution in [-0.2, 0) is 17.6 Å². The summed E-state index contributed by atoms with van der Waals surface area (Å²) in [4.78, 5) is 0. The first-order chi connectivity index (χ1) is 6.40. The van der Waals surface area contributed by atoms with Crippen LogP contribution in [0, 0.1) is 0 Å². The van der Waals surface area contributed by atoms with Crippen LogP contribution in [0.15, 0.2) is 36.9 Å². The lowest BCUT2D eigenvalue weighted by atomic mass is 10.0. The van der Waals surface area contributed by atoms with Crippen molar-refractivity contribution >= 4 is 0 Å². The van der Waals surface area contributed by atoms with Crippen LogP contribution in [-0.4, -0.2) is 12.7 Å². The van der Waals surface area contributed by atoms with Gasteiger partial charge >= 0.3 is 0 Å². The lowest BCUT2D eigenvalue weighted by molar-refractivity contribution is 0.407. The quantitative estimate of drug-likeness (QED) is 0.504. The number of allylic oxidation sites excluding steroid dienone is 1. The highest BCUT2D eigenvalue weighted by Gasteiger charge is 2.23. The third-order valence-corrected chi connectivity index (χ3v) is 2.33. The summed E-state index contributed by atoms with van der Waals surface area (Å²) < 4.78 is 5.22. The highest BCUT2D eigenvalue weighted by atomic mass is 16.6. The molecule has 1 aliphatic rings. The molecule has 1 heteroatoms. The van der Waals surface area contributed by atoms with Crippen LogP contribution in [0.1, 0.15) is 11.1 Å². The van der Waals surface area contributed by atoms with Crippen molar-refractivity contribution in [3.8, 4) is 0 Å². The summed E-state index contributed by atoms with van der Waals surface area (Å²) in [6, 6.07) is 8.51. The number of hydrogen-bond acceptors (Lipinski definition) is 1.